The Morgan fingerprint density at radius 3 is 2.57 bits per heavy atom. The third-order valence-corrected chi connectivity index (χ3v) is 5.62. The average molecular weight is 420 g/mol. The average Bonchev–Trinajstić information content (AvgIpc) is 3.28. The lowest BCUT2D eigenvalue weighted by atomic mass is 10.2. The molecule has 0 aliphatic carbocycles. The second-order valence-corrected chi connectivity index (χ2v) is 8.11. The van der Waals surface area contributed by atoms with Crippen LogP contribution < -0.4 is 9.80 Å². The van der Waals surface area contributed by atoms with Crippen molar-refractivity contribution in [2.45, 2.75) is 6.10 Å². The summed E-state index contributed by atoms with van der Waals surface area (Å²) in [6.07, 6.45) is 1.04. The largest absolute Gasteiger partial charge is 0.442 e. The van der Waals surface area contributed by atoms with Gasteiger partial charge in [0.2, 0.25) is 0 Å². The maximum atomic E-state index is 12.2. The van der Waals surface area contributed by atoms with Crippen molar-refractivity contribution < 1.29 is 19.1 Å². The fraction of sp³-hybridized carbons (Fsp3) is 0.316. The second-order valence-electron chi connectivity index (χ2n) is 6.37. The van der Waals surface area contributed by atoms with E-state index in [0.29, 0.717) is 30.6 Å². The van der Waals surface area contributed by atoms with Crippen LogP contribution in [0.5, 0.6) is 0 Å². The lowest BCUT2D eigenvalue weighted by Crippen LogP contribution is -2.41. The molecule has 0 radical (unpaired) electrons. The summed E-state index contributed by atoms with van der Waals surface area (Å²) in [6.45, 7) is 1.96. The van der Waals surface area contributed by atoms with Gasteiger partial charge in [0.05, 0.1) is 24.0 Å². The molecule has 1 atom stereocenters. The van der Waals surface area contributed by atoms with E-state index in [4.69, 9.17) is 21.1 Å². The van der Waals surface area contributed by atoms with Crippen molar-refractivity contribution in [3.63, 3.8) is 0 Å². The number of amides is 2. The highest BCUT2D eigenvalue weighted by Gasteiger charge is 2.32. The standard InChI is InChI=1S/C19H18ClN3O4S/c20-17-6-5-16(28-17)10-21-9-15-11-23(19(25)27-15)14-3-1-13(2-4-14)22-7-8-26-12-18(22)24/h1-6,10,15H,7-9,11-12H2/t15-/m1/s1. The fourth-order valence-electron chi connectivity index (χ4n) is 3.09. The van der Waals surface area contributed by atoms with Gasteiger partial charge in [-0.3, -0.25) is 14.7 Å². The molecule has 0 saturated carbocycles. The van der Waals surface area contributed by atoms with Crippen molar-refractivity contribution in [2.24, 2.45) is 4.99 Å². The highest BCUT2D eigenvalue weighted by Crippen LogP contribution is 2.26. The summed E-state index contributed by atoms with van der Waals surface area (Å²) in [5.41, 5.74) is 1.52. The number of rotatable bonds is 5. The highest BCUT2D eigenvalue weighted by atomic mass is 35.5. The Balaban J connectivity index is 1.37. The number of cyclic esters (lactones) is 1. The summed E-state index contributed by atoms with van der Waals surface area (Å²) in [6, 6.07) is 11.0. The molecule has 2 amide bonds. The third-order valence-electron chi connectivity index (χ3n) is 4.45. The normalized spacial score (nSPS) is 20.2. The van der Waals surface area contributed by atoms with Gasteiger partial charge in [-0.25, -0.2) is 4.79 Å². The van der Waals surface area contributed by atoms with Gasteiger partial charge in [0.15, 0.2) is 0 Å². The molecule has 9 heteroatoms. The molecule has 4 rings (SSSR count). The number of nitrogens with zero attached hydrogens (tertiary/aromatic N) is 3. The van der Waals surface area contributed by atoms with E-state index in [-0.39, 0.29) is 18.6 Å². The number of hydrogen-bond acceptors (Lipinski definition) is 6. The Labute approximate surface area is 171 Å². The van der Waals surface area contributed by atoms with Gasteiger partial charge in [-0.15, -0.1) is 11.3 Å². The zero-order valence-corrected chi connectivity index (χ0v) is 16.5. The number of hydrogen-bond donors (Lipinski definition) is 0. The van der Waals surface area contributed by atoms with E-state index in [1.807, 2.05) is 36.4 Å². The van der Waals surface area contributed by atoms with Crippen LogP contribution in [0.4, 0.5) is 16.2 Å². The lowest BCUT2D eigenvalue weighted by Gasteiger charge is -2.27. The molecule has 1 aromatic heterocycles. The van der Waals surface area contributed by atoms with Crippen LogP contribution in [0.1, 0.15) is 4.88 Å². The van der Waals surface area contributed by atoms with Crippen molar-refractivity contribution in [3.05, 3.63) is 45.6 Å². The second kappa shape index (κ2) is 8.30. The Morgan fingerprint density at radius 1 is 1.14 bits per heavy atom. The number of anilines is 2. The molecule has 146 valence electrons. The van der Waals surface area contributed by atoms with Crippen LogP contribution >= 0.6 is 22.9 Å². The summed E-state index contributed by atoms with van der Waals surface area (Å²) in [5, 5.41) is 0. The minimum Gasteiger partial charge on any atom is -0.442 e. The predicted octanol–water partition coefficient (Wildman–Crippen LogP) is 3.21. The van der Waals surface area contributed by atoms with E-state index in [2.05, 4.69) is 4.99 Å². The number of carbonyl (C=O) groups excluding carboxylic acids is 2. The van der Waals surface area contributed by atoms with Crippen molar-refractivity contribution in [2.75, 3.05) is 42.6 Å². The molecule has 2 aliphatic rings. The summed E-state index contributed by atoms with van der Waals surface area (Å²) in [7, 11) is 0. The molecule has 7 nitrogen and oxygen atoms in total. The van der Waals surface area contributed by atoms with Gasteiger partial charge in [0.1, 0.15) is 12.7 Å². The van der Waals surface area contributed by atoms with Gasteiger partial charge in [-0.1, -0.05) is 11.6 Å². The molecular weight excluding hydrogens is 402 g/mol. The summed E-state index contributed by atoms with van der Waals surface area (Å²) >= 11 is 7.34. The van der Waals surface area contributed by atoms with Gasteiger partial charge >= 0.3 is 6.09 Å². The topological polar surface area (TPSA) is 71.4 Å². The first kappa shape index (κ1) is 18.9. The van der Waals surface area contributed by atoms with Gasteiger partial charge in [0, 0.05) is 29.0 Å². The molecule has 2 aliphatic heterocycles. The monoisotopic (exact) mass is 419 g/mol. The number of ether oxygens (including phenoxy) is 2. The van der Waals surface area contributed by atoms with Crippen molar-refractivity contribution in [1.29, 1.82) is 0 Å². The Kier molecular flexibility index (Phi) is 5.61. The number of carbonyl (C=O) groups is 2. The predicted molar refractivity (Wildman–Crippen MR) is 109 cm³/mol. The first-order valence-electron chi connectivity index (χ1n) is 8.81. The molecular formula is C19H18ClN3O4S. The van der Waals surface area contributed by atoms with E-state index in [1.165, 1.54) is 11.3 Å². The summed E-state index contributed by atoms with van der Waals surface area (Å²) in [4.78, 5) is 32.7. The SMILES string of the molecule is O=C1COCCN1c1ccc(N2C[C@@H](CN=Cc3ccc(Cl)s3)OC2=O)cc1. The van der Waals surface area contributed by atoms with Crippen molar-refractivity contribution in [3.8, 4) is 0 Å². The van der Waals surface area contributed by atoms with Gasteiger partial charge < -0.3 is 14.4 Å². The van der Waals surface area contributed by atoms with E-state index < -0.39 is 6.09 Å². The minimum absolute atomic E-state index is 0.0652. The maximum absolute atomic E-state index is 12.2. The molecule has 2 fully saturated rings. The molecule has 3 heterocycles. The molecule has 0 N–H and O–H groups in total. The van der Waals surface area contributed by atoms with Crippen LogP contribution in [0.2, 0.25) is 4.34 Å². The molecule has 0 unspecified atom stereocenters. The quantitative estimate of drug-likeness (QED) is 0.698. The van der Waals surface area contributed by atoms with Crippen LogP contribution in [0.3, 0.4) is 0 Å². The molecule has 0 spiro atoms. The zero-order valence-electron chi connectivity index (χ0n) is 14.9. The minimum atomic E-state index is -0.394. The molecule has 2 aromatic rings. The third kappa shape index (κ3) is 4.19. The maximum Gasteiger partial charge on any atom is 0.414 e. The number of halogens is 1. The summed E-state index contributed by atoms with van der Waals surface area (Å²) in [5.74, 6) is -0.0652. The number of thiophene rings is 1. The number of benzene rings is 1. The first-order valence-corrected chi connectivity index (χ1v) is 10.0. The van der Waals surface area contributed by atoms with E-state index in [1.54, 1.807) is 16.0 Å². The number of morpholine rings is 1. The van der Waals surface area contributed by atoms with E-state index >= 15 is 0 Å². The lowest BCUT2D eigenvalue weighted by molar-refractivity contribution is -0.125. The molecule has 2 saturated heterocycles. The summed E-state index contributed by atoms with van der Waals surface area (Å²) < 4.78 is 11.3. The molecule has 0 bridgehead atoms. The molecule has 28 heavy (non-hydrogen) atoms. The van der Waals surface area contributed by atoms with Gasteiger partial charge in [-0.2, -0.15) is 0 Å². The van der Waals surface area contributed by atoms with Crippen LogP contribution in [-0.2, 0) is 14.3 Å². The Bertz CT molecular complexity index is 899. The Hall–Kier alpha value is -2.42. The van der Waals surface area contributed by atoms with Crippen molar-refractivity contribution >= 4 is 52.5 Å². The van der Waals surface area contributed by atoms with Crippen LogP contribution in [0.25, 0.3) is 0 Å². The van der Waals surface area contributed by atoms with Crippen LogP contribution in [-0.4, -0.2) is 57.2 Å². The smallest absolute Gasteiger partial charge is 0.414 e. The van der Waals surface area contributed by atoms with Crippen molar-refractivity contribution in [1.82, 2.24) is 0 Å². The fourth-order valence-corrected chi connectivity index (χ4v) is 4.04. The Morgan fingerprint density at radius 2 is 1.89 bits per heavy atom. The van der Waals surface area contributed by atoms with E-state index in [0.717, 1.165) is 16.3 Å². The zero-order chi connectivity index (χ0) is 19.5. The highest BCUT2D eigenvalue weighted by molar-refractivity contribution is 7.17. The van der Waals surface area contributed by atoms with Gasteiger partial charge in [-0.05, 0) is 36.4 Å². The van der Waals surface area contributed by atoms with E-state index in [9.17, 15) is 9.59 Å². The molecule has 1 aromatic carbocycles. The first-order chi connectivity index (χ1) is 13.6. The van der Waals surface area contributed by atoms with Crippen LogP contribution in [0, 0.1) is 0 Å². The van der Waals surface area contributed by atoms with Gasteiger partial charge in [0.25, 0.3) is 5.91 Å². The number of aliphatic imine (C=N–C) groups is 1. The van der Waals surface area contributed by atoms with Crippen LogP contribution in [0.15, 0.2) is 41.4 Å².